The van der Waals surface area contributed by atoms with Crippen LogP contribution in [0.4, 0.5) is 11.4 Å². The van der Waals surface area contributed by atoms with Crippen LogP contribution in [0.15, 0.2) is 41.0 Å². The van der Waals surface area contributed by atoms with Crippen molar-refractivity contribution >= 4 is 16.9 Å². The molecule has 0 radical (unpaired) electrons. The van der Waals surface area contributed by atoms with E-state index in [0.717, 1.165) is 30.7 Å². The third-order valence-corrected chi connectivity index (χ3v) is 5.32. The lowest BCUT2D eigenvalue weighted by Crippen LogP contribution is -2.35. The molecule has 134 valence electrons. The Labute approximate surface area is 151 Å². The third-order valence-electron chi connectivity index (χ3n) is 5.32. The average Bonchev–Trinajstić information content (AvgIpc) is 3.15. The molecule has 3 rings (SSSR count). The second kappa shape index (κ2) is 6.99. The van der Waals surface area contributed by atoms with Crippen LogP contribution in [0, 0.1) is 0 Å². The molecule has 1 aromatic carbocycles. The summed E-state index contributed by atoms with van der Waals surface area (Å²) in [7, 11) is 0. The minimum Gasteiger partial charge on any atom is -0.467 e. The molecular formula is C22H30N2O. The van der Waals surface area contributed by atoms with Crippen LogP contribution in [0.25, 0.3) is 5.57 Å². The van der Waals surface area contributed by atoms with Gasteiger partial charge in [0.15, 0.2) is 0 Å². The summed E-state index contributed by atoms with van der Waals surface area (Å²) < 4.78 is 5.53. The molecule has 2 unspecified atom stereocenters. The number of hydrogen-bond acceptors (Lipinski definition) is 3. The summed E-state index contributed by atoms with van der Waals surface area (Å²) in [6.07, 6.45) is 7.27. The maximum absolute atomic E-state index is 5.53. The molecule has 3 heteroatoms. The van der Waals surface area contributed by atoms with Gasteiger partial charge in [0, 0.05) is 16.9 Å². The molecule has 1 aliphatic rings. The highest BCUT2D eigenvalue weighted by Gasteiger charge is 2.28. The Hall–Kier alpha value is -2.16. The number of allylic oxidation sites excluding steroid dienone is 1. The molecule has 0 bridgehead atoms. The molecule has 25 heavy (non-hydrogen) atoms. The molecule has 1 aliphatic heterocycles. The summed E-state index contributed by atoms with van der Waals surface area (Å²) in [6.45, 7) is 11.1. The zero-order chi connectivity index (χ0) is 18.0. The standard InChI is InChI=1S/C22H30N2O/c1-6-16-12-18(23-15(4)20-10-9-11-25-20)13-19-17(7-2)14-22(5,8-3)24-21(16)19/h9-15,23-24H,6-8H2,1-5H3. The predicted molar refractivity (Wildman–Crippen MR) is 107 cm³/mol. The lowest BCUT2D eigenvalue weighted by Gasteiger charge is -2.36. The van der Waals surface area contributed by atoms with Crippen molar-refractivity contribution in [3.63, 3.8) is 0 Å². The monoisotopic (exact) mass is 338 g/mol. The minimum atomic E-state index is 0.0403. The highest BCUT2D eigenvalue weighted by molar-refractivity contribution is 5.85. The zero-order valence-electron chi connectivity index (χ0n) is 16.1. The first-order valence-electron chi connectivity index (χ1n) is 9.46. The Balaban J connectivity index is 2.00. The van der Waals surface area contributed by atoms with E-state index in [4.69, 9.17) is 4.42 Å². The van der Waals surface area contributed by atoms with E-state index in [0.29, 0.717) is 0 Å². The van der Waals surface area contributed by atoms with Crippen LogP contribution < -0.4 is 10.6 Å². The maximum atomic E-state index is 5.53. The Morgan fingerprint density at radius 3 is 2.60 bits per heavy atom. The van der Waals surface area contributed by atoms with Gasteiger partial charge in [0.05, 0.1) is 17.8 Å². The van der Waals surface area contributed by atoms with Gasteiger partial charge in [-0.25, -0.2) is 0 Å². The van der Waals surface area contributed by atoms with Gasteiger partial charge in [-0.15, -0.1) is 0 Å². The fourth-order valence-corrected chi connectivity index (χ4v) is 3.59. The molecule has 2 atom stereocenters. The van der Waals surface area contributed by atoms with E-state index in [1.54, 1.807) is 6.26 Å². The Morgan fingerprint density at radius 2 is 2.00 bits per heavy atom. The van der Waals surface area contributed by atoms with Gasteiger partial charge >= 0.3 is 0 Å². The first-order chi connectivity index (χ1) is 12.0. The topological polar surface area (TPSA) is 37.2 Å². The molecule has 2 aromatic rings. The van der Waals surface area contributed by atoms with Crippen molar-refractivity contribution in [3.05, 3.63) is 53.5 Å². The van der Waals surface area contributed by atoms with E-state index in [1.165, 1.54) is 22.4 Å². The molecule has 3 nitrogen and oxygen atoms in total. The number of benzene rings is 1. The first kappa shape index (κ1) is 17.7. The molecule has 0 spiro atoms. The number of anilines is 2. The van der Waals surface area contributed by atoms with Crippen LogP contribution in [-0.2, 0) is 6.42 Å². The largest absolute Gasteiger partial charge is 0.467 e. The molecule has 0 aliphatic carbocycles. The second-order valence-electron chi connectivity index (χ2n) is 7.21. The van der Waals surface area contributed by atoms with Gasteiger partial charge in [0.1, 0.15) is 5.76 Å². The molecule has 0 amide bonds. The van der Waals surface area contributed by atoms with Gasteiger partial charge in [-0.3, -0.25) is 0 Å². The quantitative estimate of drug-likeness (QED) is 0.639. The van der Waals surface area contributed by atoms with Gasteiger partial charge in [-0.05, 0) is 68.5 Å². The van der Waals surface area contributed by atoms with Gasteiger partial charge in [-0.2, -0.15) is 0 Å². The highest BCUT2D eigenvalue weighted by Crippen LogP contribution is 2.41. The summed E-state index contributed by atoms with van der Waals surface area (Å²) in [5.41, 5.74) is 6.64. The van der Waals surface area contributed by atoms with Crippen LogP contribution in [0.3, 0.4) is 0 Å². The number of fused-ring (bicyclic) bond motifs is 1. The van der Waals surface area contributed by atoms with Gasteiger partial charge in [0.2, 0.25) is 0 Å². The van der Waals surface area contributed by atoms with Crippen molar-refractivity contribution in [2.24, 2.45) is 0 Å². The Morgan fingerprint density at radius 1 is 1.20 bits per heavy atom. The van der Waals surface area contributed by atoms with Crippen molar-refractivity contribution < 1.29 is 4.42 Å². The van der Waals surface area contributed by atoms with Crippen molar-refractivity contribution in [1.29, 1.82) is 0 Å². The normalized spacial score (nSPS) is 20.4. The van der Waals surface area contributed by atoms with Gasteiger partial charge in [-0.1, -0.05) is 26.8 Å². The van der Waals surface area contributed by atoms with Crippen LogP contribution in [-0.4, -0.2) is 5.54 Å². The summed E-state index contributed by atoms with van der Waals surface area (Å²) in [6, 6.07) is 8.66. The number of nitrogens with one attached hydrogen (secondary N) is 2. The summed E-state index contributed by atoms with van der Waals surface area (Å²) in [4.78, 5) is 0. The molecule has 2 heterocycles. The maximum Gasteiger partial charge on any atom is 0.125 e. The van der Waals surface area contributed by atoms with E-state index in [-0.39, 0.29) is 11.6 Å². The van der Waals surface area contributed by atoms with Crippen LogP contribution in [0.5, 0.6) is 0 Å². The Kier molecular flexibility index (Phi) is 4.94. The lowest BCUT2D eigenvalue weighted by molar-refractivity contribution is 0.490. The zero-order valence-corrected chi connectivity index (χ0v) is 16.1. The Bertz CT molecular complexity index is 761. The number of aryl methyl sites for hydroxylation is 1. The first-order valence-corrected chi connectivity index (χ1v) is 9.46. The molecular weight excluding hydrogens is 308 g/mol. The minimum absolute atomic E-state index is 0.0403. The van der Waals surface area contributed by atoms with E-state index in [2.05, 4.69) is 63.5 Å². The van der Waals surface area contributed by atoms with Crippen LogP contribution in [0.2, 0.25) is 0 Å². The van der Waals surface area contributed by atoms with E-state index >= 15 is 0 Å². The smallest absolute Gasteiger partial charge is 0.125 e. The summed E-state index contributed by atoms with van der Waals surface area (Å²) in [5, 5.41) is 7.39. The fourth-order valence-electron chi connectivity index (χ4n) is 3.59. The molecule has 2 N–H and O–H groups in total. The molecule has 0 saturated carbocycles. The van der Waals surface area contributed by atoms with E-state index < -0.39 is 0 Å². The number of rotatable bonds is 6. The molecule has 1 aromatic heterocycles. The van der Waals surface area contributed by atoms with Crippen molar-refractivity contribution in [2.75, 3.05) is 10.6 Å². The average molecular weight is 338 g/mol. The number of hydrogen-bond donors (Lipinski definition) is 2. The highest BCUT2D eigenvalue weighted by atomic mass is 16.3. The van der Waals surface area contributed by atoms with Crippen molar-refractivity contribution in [1.82, 2.24) is 0 Å². The van der Waals surface area contributed by atoms with Gasteiger partial charge in [0.25, 0.3) is 0 Å². The van der Waals surface area contributed by atoms with Crippen LogP contribution >= 0.6 is 0 Å². The van der Waals surface area contributed by atoms with E-state index in [1.807, 2.05) is 12.1 Å². The molecule has 0 saturated heterocycles. The fraction of sp³-hybridized carbons (Fsp3) is 0.455. The predicted octanol–water partition coefficient (Wildman–Crippen LogP) is 6.40. The van der Waals surface area contributed by atoms with Crippen molar-refractivity contribution in [3.8, 4) is 0 Å². The third kappa shape index (κ3) is 3.46. The summed E-state index contributed by atoms with van der Waals surface area (Å²) >= 11 is 0. The van der Waals surface area contributed by atoms with Gasteiger partial charge < -0.3 is 15.1 Å². The second-order valence-corrected chi connectivity index (χ2v) is 7.21. The lowest BCUT2D eigenvalue weighted by atomic mass is 9.84. The van der Waals surface area contributed by atoms with Crippen LogP contribution in [0.1, 0.15) is 70.4 Å². The van der Waals surface area contributed by atoms with E-state index in [9.17, 15) is 0 Å². The SMILES string of the molecule is CCC1=CC(C)(CC)Nc2c(CC)cc(NC(C)c3ccco3)cc21. The number of furan rings is 1. The van der Waals surface area contributed by atoms with Crippen molar-refractivity contribution in [2.45, 2.75) is 65.5 Å². The summed E-state index contributed by atoms with van der Waals surface area (Å²) in [5.74, 6) is 0.957. The molecule has 0 fully saturated rings.